The van der Waals surface area contributed by atoms with Crippen LogP contribution in [0.2, 0.25) is 0 Å². The van der Waals surface area contributed by atoms with E-state index in [9.17, 15) is 29.8 Å². The Hall–Kier alpha value is -3.60. The first kappa shape index (κ1) is 18.2. The summed E-state index contributed by atoms with van der Waals surface area (Å²) in [5.41, 5.74) is -1.40. The van der Waals surface area contributed by atoms with Gasteiger partial charge in [-0.3, -0.25) is 20.2 Å². The Labute approximate surface area is 154 Å². The van der Waals surface area contributed by atoms with Gasteiger partial charge in [0.2, 0.25) is 0 Å². The van der Waals surface area contributed by atoms with Gasteiger partial charge in [0.25, 0.3) is 11.4 Å². The summed E-state index contributed by atoms with van der Waals surface area (Å²) in [5, 5.41) is 23.4. The second-order valence-corrected chi connectivity index (χ2v) is 6.41. The van der Waals surface area contributed by atoms with Gasteiger partial charge in [0, 0.05) is 32.3 Å². The van der Waals surface area contributed by atoms with Crippen molar-refractivity contribution in [1.82, 2.24) is 0 Å². The van der Waals surface area contributed by atoms with Gasteiger partial charge in [-0.05, 0) is 12.1 Å². The Balaban J connectivity index is 2.42. The van der Waals surface area contributed by atoms with Gasteiger partial charge < -0.3 is 9.47 Å². The fraction of sp³-hybridized carbons (Fsp3) is 0.125. The number of ether oxygens (including phenoxy) is 2. The Morgan fingerprint density at radius 1 is 0.815 bits per heavy atom. The standard InChI is InChI=1S/C16H10N2O8S/c1-25-15(19)9-3-7-8-4-10(16(20)26-2)12(18(23)24)6-14(8)27-13(7)5-11(9)17(21)22/h3-6H,1-2H3. The van der Waals surface area contributed by atoms with Crippen molar-refractivity contribution in [3.8, 4) is 0 Å². The number of benzene rings is 2. The molecule has 27 heavy (non-hydrogen) atoms. The molecule has 0 aliphatic rings. The lowest BCUT2D eigenvalue weighted by Crippen LogP contribution is -2.06. The number of rotatable bonds is 4. The highest BCUT2D eigenvalue weighted by Gasteiger charge is 2.27. The van der Waals surface area contributed by atoms with Crippen molar-refractivity contribution in [2.45, 2.75) is 0 Å². The smallest absolute Gasteiger partial charge is 0.344 e. The van der Waals surface area contributed by atoms with Gasteiger partial charge in [-0.25, -0.2) is 9.59 Å². The molecule has 0 N–H and O–H groups in total. The van der Waals surface area contributed by atoms with E-state index in [0.29, 0.717) is 20.2 Å². The predicted octanol–water partition coefficient (Wildman–Crippen LogP) is 3.44. The van der Waals surface area contributed by atoms with Crippen LogP contribution >= 0.6 is 11.3 Å². The Morgan fingerprint density at radius 3 is 1.48 bits per heavy atom. The molecule has 10 nitrogen and oxygen atoms in total. The van der Waals surface area contributed by atoms with Crippen molar-refractivity contribution < 1.29 is 28.9 Å². The summed E-state index contributed by atoms with van der Waals surface area (Å²) in [7, 11) is 2.20. The van der Waals surface area contributed by atoms with E-state index in [1.807, 2.05) is 0 Å². The highest BCUT2D eigenvalue weighted by molar-refractivity contribution is 7.25. The minimum absolute atomic E-state index is 0.257. The SMILES string of the molecule is COC(=O)c1cc2c(cc1[N+](=O)[O-])sc1cc([N+](=O)[O-])c(C(=O)OC)cc12. The molecule has 1 aromatic heterocycles. The molecule has 2 aromatic carbocycles. The summed E-state index contributed by atoms with van der Waals surface area (Å²) in [5.74, 6) is -1.78. The molecule has 3 aromatic rings. The number of hydrogen-bond donors (Lipinski definition) is 0. The third-order valence-electron chi connectivity index (χ3n) is 3.91. The third kappa shape index (κ3) is 2.93. The zero-order valence-electron chi connectivity index (χ0n) is 13.9. The van der Waals surface area contributed by atoms with Gasteiger partial charge in [0.05, 0.1) is 24.1 Å². The molecule has 0 spiro atoms. The molecule has 0 fully saturated rings. The van der Waals surface area contributed by atoms with E-state index in [4.69, 9.17) is 0 Å². The van der Waals surface area contributed by atoms with Gasteiger partial charge in [-0.2, -0.15) is 0 Å². The molecule has 0 aliphatic carbocycles. The van der Waals surface area contributed by atoms with Crippen LogP contribution in [-0.4, -0.2) is 36.0 Å². The van der Waals surface area contributed by atoms with Gasteiger partial charge in [-0.1, -0.05) is 0 Å². The van der Waals surface area contributed by atoms with Gasteiger partial charge in [0.15, 0.2) is 0 Å². The van der Waals surface area contributed by atoms with Crippen molar-refractivity contribution in [2.75, 3.05) is 14.2 Å². The Bertz CT molecular complexity index is 1060. The average molecular weight is 390 g/mol. The first-order valence-electron chi connectivity index (χ1n) is 7.28. The molecule has 0 saturated heterocycles. The number of carbonyl (C=O) groups excluding carboxylic acids is 2. The molecule has 0 radical (unpaired) electrons. The van der Waals surface area contributed by atoms with E-state index >= 15 is 0 Å². The first-order chi connectivity index (χ1) is 12.8. The van der Waals surface area contributed by atoms with Crippen LogP contribution in [0, 0.1) is 20.2 Å². The van der Waals surface area contributed by atoms with Gasteiger partial charge in [-0.15, -0.1) is 11.3 Å². The summed E-state index contributed by atoms with van der Waals surface area (Å²) in [6.45, 7) is 0. The largest absolute Gasteiger partial charge is 0.465 e. The van der Waals surface area contributed by atoms with Gasteiger partial charge in [0.1, 0.15) is 11.1 Å². The summed E-state index contributed by atoms with van der Waals surface area (Å²) in [6, 6.07) is 4.97. The van der Waals surface area contributed by atoms with E-state index < -0.39 is 33.2 Å². The third-order valence-corrected chi connectivity index (χ3v) is 5.03. The molecule has 0 atom stereocenters. The first-order valence-corrected chi connectivity index (χ1v) is 8.09. The topological polar surface area (TPSA) is 139 Å². The molecule has 0 bridgehead atoms. The van der Waals surface area contributed by atoms with Crippen molar-refractivity contribution in [1.29, 1.82) is 0 Å². The number of esters is 2. The van der Waals surface area contributed by atoms with Gasteiger partial charge >= 0.3 is 11.9 Å². The lowest BCUT2D eigenvalue weighted by atomic mass is 10.0. The number of nitro groups is 2. The molecule has 1 heterocycles. The number of methoxy groups -OCH3 is 2. The molecule has 3 rings (SSSR count). The average Bonchev–Trinajstić information content (AvgIpc) is 3.01. The van der Waals surface area contributed by atoms with Crippen LogP contribution in [0.3, 0.4) is 0 Å². The number of nitrogens with zero attached hydrogens (tertiary/aromatic N) is 2. The van der Waals surface area contributed by atoms with Crippen molar-refractivity contribution in [3.63, 3.8) is 0 Å². The van der Waals surface area contributed by atoms with Crippen LogP contribution in [0.4, 0.5) is 11.4 Å². The maximum atomic E-state index is 11.9. The zero-order valence-corrected chi connectivity index (χ0v) is 14.7. The number of nitro benzene ring substituents is 2. The lowest BCUT2D eigenvalue weighted by molar-refractivity contribution is -0.385. The molecule has 0 saturated carbocycles. The second-order valence-electron chi connectivity index (χ2n) is 5.33. The maximum absolute atomic E-state index is 11.9. The Morgan fingerprint density at radius 2 is 1.19 bits per heavy atom. The van der Waals surface area contributed by atoms with Crippen molar-refractivity contribution in [2.24, 2.45) is 0 Å². The highest BCUT2D eigenvalue weighted by Crippen LogP contribution is 2.40. The fourth-order valence-corrected chi connectivity index (χ4v) is 3.83. The normalized spacial score (nSPS) is 10.7. The van der Waals surface area contributed by atoms with E-state index in [1.165, 1.54) is 24.3 Å². The molecule has 0 aliphatic heterocycles. The van der Waals surface area contributed by atoms with Crippen LogP contribution in [0.15, 0.2) is 24.3 Å². The molecule has 0 amide bonds. The minimum Gasteiger partial charge on any atom is -0.465 e. The number of fused-ring (bicyclic) bond motifs is 3. The van der Waals surface area contributed by atoms with Crippen LogP contribution in [0.25, 0.3) is 20.2 Å². The van der Waals surface area contributed by atoms with E-state index in [0.717, 1.165) is 25.6 Å². The quantitative estimate of drug-likeness (QED) is 0.375. The molecule has 0 unspecified atom stereocenters. The van der Waals surface area contributed by atoms with Crippen LogP contribution < -0.4 is 0 Å². The summed E-state index contributed by atoms with van der Waals surface area (Å²) < 4.78 is 10.0. The number of thiophene rings is 1. The predicted molar refractivity (Wildman–Crippen MR) is 95.3 cm³/mol. The molecular formula is C16H10N2O8S. The number of hydrogen-bond acceptors (Lipinski definition) is 9. The van der Waals surface area contributed by atoms with Crippen molar-refractivity contribution >= 4 is 54.8 Å². The minimum atomic E-state index is -0.891. The molecular weight excluding hydrogens is 380 g/mol. The highest BCUT2D eigenvalue weighted by atomic mass is 32.1. The second kappa shape index (κ2) is 6.61. The van der Waals surface area contributed by atoms with Crippen LogP contribution in [-0.2, 0) is 9.47 Å². The van der Waals surface area contributed by atoms with E-state index in [1.54, 1.807) is 0 Å². The van der Waals surface area contributed by atoms with Crippen LogP contribution in [0.5, 0.6) is 0 Å². The lowest BCUT2D eigenvalue weighted by Gasteiger charge is -2.03. The van der Waals surface area contributed by atoms with Crippen molar-refractivity contribution in [3.05, 3.63) is 55.6 Å². The summed E-state index contributed by atoms with van der Waals surface area (Å²) >= 11 is 1.07. The zero-order chi connectivity index (χ0) is 19.9. The van der Waals surface area contributed by atoms with E-state index in [-0.39, 0.29) is 11.1 Å². The van der Waals surface area contributed by atoms with Crippen LogP contribution in [0.1, 0.15) is 20.7 Å². The molecule has 138 valence electrons. The Kier molecular flexibility index (Phi) is 4.45. The number of carbonyl (C=O) groups is 2. The maximum Gasteiger partial charge on any atom is 0.344 e. The fourth-order valence-electron chi connectivity index (χ4n) is 2.70. The van der Waals surface area contributed by atoms with E-state index in [2.05, 4.69) is 9.47 Å². The monoisotopic (exact) mass is 390 g/mol. The summed E-state index contributed by atoms with van der Waals surface area (Å²) in [4.78, 5) is 45.0. The molecule has 11 heteroatoms. The summed E-state index contributed by atoms with van der Waals surface area (Å²) in [6.07, 6.45) is 0.